The van der Waals surface area contributed by atoms with Gasteiger partial charge in [0, 0.05) is 15.5 Å². The van der Waals surface area contributed by atoms with E-state index >= 15 is 0 Å². The minimum absolute atomic E-state index is 0.0238. The first-order valence-corrected chi connectivity index (χ1v) is 13.1. The molecule has 0 N–H and O–H groups in total. The summed E-state index contributed by atoms with van der Waals surface area (Å²) in [6, 6.07) is 23.0. The van der Waals surface area contributed by atoms with E-state index < -0.39 is 10.0 Å². The molecule has 0 bridgehead atoms. The standard InChI is InChI=1S/C26H23Br2NO2S/c1-3-18-29(32(30,31)25-16-6-20(2)7-17-25)19-4-5-26(21-8-12-23(27)13-9-21)22-10-14-24(28)15-11-22/h1,5-17H,4,18-19H2,2H3. The van der Waals surface area contributed by atoms with Crippen molar-refractivity contribution in [2.75, 3.05) is 13.1 Å². The van der Waals surface area contributed by atoms with E-state index in [1.807, 2.05) is 55.5 Å². The molecule has 0 heterocycles. The van der Waals surface area contributed by atoms with E-state index in [-0.39, 0.29) is 18.0 Å². The van der Waals surface area contributed by atoms with Gasteiger partial charge in [-0.3, -0.25) is 0 Å². The second kappa shape index (κ2) is 11.1. The highest BCUT2D eigenvalue weighted by Crippen LogP contribution is 2.27. The van der Waals surface area contributed by atoms with Crippen molar-refractivity contribution in [1.29, 1.82) is 0 Å². The number of halogens is 2. The Morgan fingerprint density at radius 2 is 1.41 bits per heavy atom. The Bertz CT molecular complexity index is 1180. The van der Waals surface area contributed by atoms with Gasteiger partial charge < -0.3 is 0 Å². The molecule has 3 aromatic rings. The van der Waals surface area contributed by atoms with Gasteiger partial charge >= 0.3 is 0 Å². The minimum atomic E-state index is -3.67. The van der Waals surface area contributed by atoms with Crippen LogP contribution in [-0.4, -0.2) is 25.8 Å². The van der Waals surface area contributed by atoms with Crippen molar-refractivity contribution in [2.24, 2.45) is 0 Å². The largest absolute Gasteiger partial charge is 0.243 e. The first-order chi connectivity index (χ1) is 15.3. The molecule has 0 aliphatic carbocycles. The normalized spacial score (nSPS) is 11.2. The van der Waals surface area contributed by atoms with Crippen LogP contribution in [0.25, 0.3) is 5.57 Å². The molecule has 0 amide bonds. The third kappa shape index (κ3) is 6.20. The van der Waals surface area contributed by atoms with Crippen LogP contribution in [0.3, 0.4) is 0 Å². The van der Waals surface area contributed by atoms with Gasteiger partial charge in [-0.2, -0.15) is 4.31 Å². The molecule has 0 aliphatic rings. The van der Waals surface area contributed by atoms with Crippen LogP contribution in [0, 0.1) is 19.3 Å². The van der Waals surface area contributed by atoms with Crippen LogP contribution >= 0.6 is 31.9 Å². The van der Waals surface area contributed by atoms with Gasteiger partial charge in [-0.1, -0.05) is 85.8 Å². The molecule has 0 atom stereocenters. The van der Waals surface area contributed by atoms with E-state index in [1.165, 1.54) is 4.31 Å². The van der Waals surface area contributed by atoms with Crippen LogP contribution in [0.5, 0.6) is 0 Å². The average molecular weight is 573 g/mol. The quantitative estimate of drug-likeness (QED) is 0.283. The monoisotopic (exact) mass is 571 g/mol. The van der Waals surface area contributed by atoms with Crippen molar-refractivity contribution >= 4 is 47.5 Å². The van der Waals surface area contributed by atoms with Crippen LogP contribution in [-0.2, 0) is 10.0 Å². The van der Waals surface area contributed by atoms with E-state index in [1.54, 1.807) is 24.3 Å². The predicted octanol–water partition coefficient (Wildman–Crippen LogP) is 6.67. The summed E-state index contributed by atoms with van der Waals surface area (Å²) in [7, 11) is -3.67. The first-order valence-electron chi connectivity index (χ1n) is 10.0. The Morgan fingerprint density at radius 1 is 0.906 bits per heavy atom. The summed E-state index contributed by atoms with van der Waals surface area (Å²) < 4.78 is 29.6. The molecule has 3 nitrogen and oxygen atoms in total. The number of benzene rings is 3. The number of hydrogen-bond acceptors (Lipinski definition) is 2. The third-order valence-electron chi connectivity index (χ3n) is 4.96. The zero-order valence-electron chi connectivity index (χ0n) is 17.6. The maximum absolute atomic E-state index is 13.1. The van der Waals surface area contributed by atoms with Gasteiger partial charge in [0.05, 0.1) is 11.4 Å². The van der Waals surface area contributed by atoms with Crippen LogP contribution in [0.4, 0.5) is 0 Å². The van der Waals surface area contributed by atoms with Gasteiger partial charge in [0.15, 0.2) is 0 Å². The Kier molecular flexibility index (Phi) is 8.50. The van der Waals surface area contributed by atoms with Crippen molar-refractivity contribution in [1.82, 2.24) is 4.31 Å². The molecule has 0 fully saturated rings. The molecule has 6 heteroatoms. The third-order valence-corrected chi connectivity index (χ3v) is 7.88. The van der Waals surface area contributed by atoms with Gasteiger partial charge in [-0.15, -0.1) is 6.42 Å². The summed E-state index contributed by atoms with van der Waals surface area (Å²) in [4.78, 5) is 0.253. The lowest BCUT2D eigenvalue weighted by atomic mass is 9.97. The van der Waals surface area contributed by atoms with E-state index in [9.17, 15) is 8.42 Å². The van der Waals surface area contributed by atoms with Gasteiger partial charge in [-0.25, -0.2) is 8.42 Å². The van der Waals surface area contributed by atoms with Crippen molar-refractivity contribution in [3.05, 3.63) is 105 Å². The summed E-state index contributed by atoms with van der Waals surface area (Å²) in [6.07, 6.45) is 8.08. The second-order valence-corrected chi connectivity index (χ2v) is 11.0. The molecule has 0 saturated heterocycles. The maximum atomic E-state index is 13.1. The topological polar surface area (TPSA) is 37.4 Å². The fourth-order valence-corrected chi connectivity index (χ4v) is 5.16. The number of terminal acetylenes is 1. The Morgan fingerprint density at radius 3 is 1.88 bits per heavy atom. The molecule has 0 aromatic heterocycles. The number of sulfonamides is 1. The number of hydrogen-bond donors (Lipinski definition) is 0. The van der Waals surface area contributed by atoms with Crippen molar-refractivity contribution in [3.8, 4) is 12.3 Å². The van der Waals surface area contributed by atoms with Crippen molar-refractivity contribution in [3.63, 3.8) is 0 Å². The number of rotatable bonds is 8. The van der Waals surface area contributed by atoms with Crippen LogP contribution in [0.2, 0.25) is 0 Å². The molecule has 164 valence electrons. The fraction of sp³-hybridized carbons (Fsp3) is 0.154. The van der Waals surface area contributed by atoms with E-state index in [0.29, 0.717) is 6.42 Å². The molecule has 0 aliphatic heterocycles. The molecule has 3 aromatic carbocycles. The summed E-state index contributed by atoms with van der Waals surface area (Å²) in [6.45, 7) is 2.24. The average Bonchev–Trinajstić information content (AvgIpc) is 2.78. The second-order valence-electron chi connectivity index (χ2n) is 7.28. The fourth-order valence-electron chi connectivity index (χ4n) is 3.26. The Balaban J connectivity index is 1.89. The molecule has 32 heavy (non-hydrogen) atoms. The molecular weight excluding hydrogens is 550 g/mol. The minimum Gasteiger partial charge on any atom is -0.207 e. The summed E-state index contributed by atoms with van der Waals surface area (Å²) in [5.41, 5.74) is 4.16. The van der Waals surface area contributed by atoms with Gasteiger partial charge in [0.2, 0.25) is 10.0 Å². The Hall–Kier alpha value is -2.17. The lowest BCUT2D eigenvalue weighted by Gasteiger charge is -2.20. The smallest absolute Gasteiger partial charge is 0.207 e. The molecular formula is C26H23Br2NO2S. The molecule has 0 radical (unpaired) electrons. The summed E-state index contributed by atoms with van der Waals surface area (Å²) in [5.74, 6) is 2.48. The highest BCUT2D eigenvalue weighted by atomic mass is 79.9. The van der Waals surface area contributed by atoms with Crippen LogP contribution in [0.15, 0.2) is 92.7 Å². The molecule has 0 spiro atoms. The van der Waals surface area contributed by atoms with Crippen LogP contribution in [0.1, 0.15) is 23.1 Å². The van der Waals surface area contributed by atoms with Crippen molar-refractivity contribution in [2.45, 2.75) is 18.2 Å². The summed E-state index contributed by atoms with van der Waals surface area (Å²) in [5, 5.41) is 0. The van der Waals surface area contributed by atoms with E-state index in [4.69, 9.17) is 6.42 Å². The lowest BCUT2D eigenvalue weighted by molar-refractivity contribution is 0.452. The Labute approximate surface area is 207 Å². The predicted molar refractivity (Wildman–Crippen MR) is 139 cm³/mol. The zero-order valence-corrected chi connectivity index (χ0v) is 21.6. The van der Waals surface area contributed by atoms with Gasteiger partial charge in [0.1, 0.15) is 0 Å². The molecule has 0 saturated carbocycles. The van der Waals surface area contributed by atoms with Crippen LogP contribution < -0.4 is 0 Å². The summed E-state index contributed by atoms with van der Waals surface area (Å²) >= 11 is 6.96. The van der Waals surface area contributed by atoms with E-state index in [0.717, 1.165) is 31.2 Å². The van der Waals surface area contributed by atoms with Gasteiger partial charge in [0.25, 0.3) is 0 Å². The van der Waals surface area contributed by atoms with Gasteiger partial charge in [-0.05, 0) is 66.4 Å². The molecule has 0 unspecified atom stereocenters. The number of aryl methyl sites for hydroxylation is 1. The lowest BCUT2D eigenvalue weighted by Crippen LogP contribution is -2.32. The highest BCUT2D eigenvalue weighted by molar-refractivity contribution is 9.10. The molecule has 3 rings (SSSR count). The van der Waals surface area contributed by atoms with Crippen molar-refractivity contribution < 1.29 is 8.42 Å². The zero-order chi connectivity index (χ0) is 23.1. The van der Waals surface area contributed by atoms with E-state index in [2.05, 4.69) is 43.9 Å². The highest BCUT2D eigenvalue weighted by Gasteiger charge is 2.23. The maximum Gasteiger partial charge on any atom is 0.243 e. The first kappa shape index (κ1) is 24.5. The SMILES string of the molecule is C#CCN(CCC=C(c1ccc(Br)cc1)c1ccc(Br)cc1)S(=O)(=O)c1ccc(C)cc1. The number of nitrogens with zero attached hydrogens (tertiary/aromatic N) is 1.